The number of aryl methyl sites for hydroxylation is 1. The zero-order valence-electron chi connectivity index (χ0n) is 17.7. The molecule has 1 aliphatic heterocycles. The smallest absolute Gasteiger partial charge is 0.293 e. The van der Waals surface area contributed by atoms with Crippen LogP contribution in [0.5, 0.6) is 11.5 Å². The van der Waals surface area contributed by atoms with Crippen LogP contribution in [0.15, 0.2) is 66.7 Å². The van der Waals surface area contributed by atoms with E-state index in [0.29, 0.717) is 35.2 Å². The van der Waals surface area contributed by atoms with Crippen molar-refractivity contribution < 1.29 is 19.1 Å². The van der Waals surface area contributed by atoms with Crippen molar-refractivity contribution in [2.75, 3.05) is 12.0 Å². The molecule has 7 heteroatoms. The lowest BCUT2D eigenvalue weighted by atomic mass is 10.1. The fourth-order valence-electron chi connectivity index (χ4n) is 3.43. The quantitative estimate of drug-likeness (QED) is 0.423. The minimum absolute atomic E-state index is 0.235. The van der Waals surface area contributed by atoms with Crippen molar-refractivity contribution in [3.05, 3.63) is 88.4 Å². The van der Waals surface area contributed by atoms with Crippen molar-refractivity contribution >= 4 is 40.2 Å². The maximum absolute atomic E-state index is 12.9. The summed E-state index contributed by atoms with van der Waals surface area (Å²) in [5.41, 5.74) is 3.68. The fourth-order valence-corrected chi connectivity index (χ4v) is 4.58. The monoisotopic (exact) mass is 467 g/mol. The summed E-state index contributed by atoms with van der Waals surface area (Å²) >= 11 is 6.95. The van der Waals surface area contributed by atoms with E-state index in [1.807, 2.05) is 49.4 Å². The summed E-state index contributed by atoms with van der Waals surface area (Å²) in [5.74, 6) is 0.980. The number of amides is 2. The predicted molar refractivity (Wildman–Crippen MR) is 128 cm³/mol. The van der Waals surface area contributed by atoms with Crippen LogP contribution in [0, 0.1) is 6.92 Å². The number of carbonyl (C=O) groups excluding carboxylic acids is 2. The Labute approximate surface area is 196 Å². The third-order valence-corrected chi connectivity index (χ3v) is 6.46. The molecule has 4 rings (SSSR count). The molecule has 5 nitrogen and oxygen atoms in total. The number of nitrogens with zero attached hydrogens (tertiary/aromatic N) is 1. The molecule has 3 aromatic rings. The molecule has 0 radical (unpaired) electrons. The number of methoxy groups -OCH3 is 1. The van der Waals surface area contributed by atoms with Crippen LogP contribution in [0.25, 0.3) is 0 Å². The third-order valence-electron chi connectivity index (χ3n) is 5.17. The van der Waals surface area contributed by atoms with E-state index in [-0.39, 0.29) is 11.1 Å². The number of anilines is 1. The van der Waals surface area contributed by atoms with E-state index in [1.165, 1.54) is 10.5 Å². The van der Waals surface area contributed by atoms with Crippen LogP contribution in [-0.2, 0) is 17.8 Å². The average Bonchev–Trinajstić information content (AvgIpc) is 3.07. The van der Waals surface area contributed by atoms with E-state index in [9.17, 15) is 9.59 Å². The minimum atomic E-state index is -0.498. The van der Waals surface area contributed by atoms with Gasteiger partial charge in [-0.3, -0.25) is 9.59 Å². The molecule has 3 aromatic carbocycles. The molecule has 0 saturated carbocycles. The van der Waals surface area contributed by atoms with E-state index in [2.05, 4.69) is 0 Å². The van der Waals surface area contributed by atoms with E-state index in [0.717, 1.165) is 22.9 Å². The molecule has 0 unspecified atom stereocenters. The molecule has 164 valence electrons. The second-order valence-electron chi connectivity index (χ2n) is 7.49. The molecule has 1 aliphatic rings. The van der Waals surface area contributed by atoms with Crippen LogP contribution in [0.2, 0.25) is 5.02 Å². The van der Waals surface area contributed by atoms with Gasteiger partial charge >= 0.3 is 0 Å². The maximum Gasteiger partial charge on any atom is 0.293 e. The van der Waals surface area contributed by atoms with Crippen LogP contribution in [0.4, 0.5) is 10.5 Å². The molecular weight excluding hydrogens is 446 g/mol. The van der Waals surface area contributed by atoms with Crippen molar-refractivity contribution in [3.8, 4) is 11.5 Å². The number of halogens is 1. The number of ether oxygens (including phenoxy) is 2. The normalized spacial score (nSPS) is 15.8. The molecule has 1 heterocycles. The highest BCUT2D eigenvalue weighted by molar-refractivity contribution is 8.15. The Morgan fingerprint density at radius 1 is 0.938 bits per heavy atom. The molecule has 2 amide bonds. The summed E-state index contributed by atoms with van der Waals surface area (Å²) in [6.45, 7) is 2.47. The van der Waals surface area contributed by atoms with Crippen molar-refractivity contribution in [2.24, 2.45) is 0 Å². The van der Waals surface area contributed by atoms with Gasteiger partial charge in [0.25, 0.3) is 5.24 Å². The molecular formula is C25H22ClNO4S. The number of rotatable bonds is 7. The number of hydrogen-bond acceptors (Lipinski definition) is 5. The lowest BCUT2D eigenvalue weighted by Gasteiger charge is -2.15. The van der Waals surface area contributed by atoms with E-state index in [4.69, 9.17) is 21.1 Å². The molecule has 0 aromatic heterocycles. The SMILES string of the molecule is COc1cc(C[C@@H]2SC(=O)N(c3ccc(Cl)cc3)C2=O)ccc1OCc1ccc(C)cc1. The highest BCUT2D eigenvalue weighted by Gasteiger charge is 2.40. The van der Waals surface area contributed by atoms with Gasteiger partial charge in [-0.2, -0.15) is 0 Å². The molecule has 1 atom stereocenters. The lowest BCUT2D eigenvalue weighted by Crippen LogP contribution is -2.32. The Morgan fingerprint density at radius 2 is 1.62 bits per heavy atom. The predicted octanol–water partition coefficient (Wildman–Crippen LogP) is 6.05. The van der Waals surface area contributed by atoms with Gasteiger partial charge < -0.3 is 9.47 Å². The van der Waals surface area contributed by atoms with Gasteiger partial charge in [0.05, 0.1) is 18.0 Å². The van der Waals surface area contributed by atoms with Crippen LogP contribution in [-0.4, -0.2) is 23.5 Å². The number of thioether (sulfide) groups is 1. The first-order chi connectivity index (χ1) is 15.4. The zero-order valence-corrected chi connectivity index (χ0v) is 19.3. The maximum atomic E-state index is 12.9. The standard InChI is InChI=1S/C25H22ClNO4S/c1-16-3-5-17(6-4-16)15-31-21-12-7-18(13-22(21)30-2)14-23-24(28)27(25(29)32-23)20-10-8-19(26)9-11-20/h3-13,23H,14-15H2,1-2H3/t23-/m0/s1. The second kappa shape index (κ2) is 9.67. The third kappa shape index (κ3) is 4.92. The van der Waals surface area contributed by atoms with Crippen LogP contribution in [0.1, 0.15) is 16.7 Å². The van der Waals surface area contributed by atoms with Crippen molar-refractivity contribution in [1.82, 2.24) is 0 Å². The highest BCUT2D eigenvalue weighted by atomic mass is 35.5. The topological polar surface area (TPSA) is 55.8 Å². The Kier molecular flexibility index (Phi) is 6.72. The van der Waals surface area contributed by atoms with Gasteiger partial charge in [0.1, 0.15) is 6.61 Å². The second-order valence-corrected chi connectivity index (χ2v) is 9.08. The van der Waals surface area contributed by atoms with Gasteiger partial charge in [-0.05, 0) is 60.9 Å². The Balaban J connectivity index is 1.45. The largest absolute Gasteiger partial charge is 0.493 e. The average molecular weight is 468 g/mol. The zero-order chi connectivity index (χ0) is 22.7. The molecule has 1 fully saturated rings. The lowest BCUT2D eigenvalue weighted by molar-refractivity contribution is -0.117. The number of imide groups is 1. The first kappa shape index (κ1) is 22.2. The van der Waals surface area contributed by atoms with Crippen LogP contribution in [0.3, 0.4) is 0 Å². The van der Waals surface area contributed by atoms with Crippen molar-refractivity contribution in [1.29, 1.82) is 0 Å². The van der Waals surface area contributed by atoms with Gasteiger partial charge in [0, 0.05) is 5.02 Å². The van der Waals surface area contributed by atoms with Gasteiger partial charge in [0.15, 0.2) is 11.5 Å². The molecule has 1 saturated heterocycles. The first-order valence-electron chi connectivity index (χ1n) is 10.1. The first-order valence-corrected chi connectivity index (χ1v) is 11.4. The fraction of sp³-hybridized carbons (Fsp3) is 0.200. The van der Waals surface area contributed by atoms with E-state index >= 15 is 0 Å². The summed E-state index contributed by atoms with van der Waals surface area (Å²) in [5, 5.41) is -0.233. The van der Waals surface area contributed by atoms with E-state index < -0.39 is 5.25 Å². The summed E-state index contributed by atoms with van der Waals surface area (Å²) in [7, 11) is 1.58. The molecule has 32 heavy (non-hydrogen) atoms. The molecule has 0 N–H and O–H groups in total. The van der Waals surface area contributed by atoms with Crippen molar-refractivity contribution in [3.63, 3.8) is 0 Å². The number of carbonyl (C=O) groups is 2. The Bertz CT molecular complexity index is 1130. The summed E-state index contributed by atoms with van der Waals surface area (Å²) in [4.78, 5) is 26.6. The number of benzene rings is 3. The highest BCUT2D eigenvalue weighted by Crippen LogP contribution is 2.36. The van der Waals surface area contributed by atoms with Crippen LogP contribution >= 0.6 is 23.4 Å². The van der Waals surface area contributed by atoms with Crippen molar-refractivity contribution in [2.45, 2.75) is 25.2 Å². The van der Waals surface area contributed by atoms with Gasteiger partial charge in [0.2, 0.25) is 5.91 Å². The summed E-state index contributed by atoms with van der Waals surface area (Å²) in [6.07, 6.45) is 0.411. The summed E-state index contributed by atoms with van der Waals surface area (Å²) in [6, 6.07) is 20.4. The van der Waals surface area contributed by atoms with Gasteiger partial charge in [-0.1, -0.05) is 59.3 Å². The molecule has 0 bridgehead atoms. The Hall–Kier alpha value is -2.96. The summed E-state index contributed by atoms with van der Waals surface area (Å²) < 4.78 is 11.4. The van der Waals surface area contributed by atoms with Crippen LogP contribution < -0.4 is 14.4 Å². The van der Waals surface area contributed by atoms with Gasteiger partial charge in [-0.25, -0.2) is 4.90 Å². The Morgan fingerprint density at radius 3 is 2.31 bits per heavy atom. The molecule has 0 spiro atoms. The van der Waals surface area contributed by atoms with E-state index in [1.54, 1.807) is 31.4 Å². The number of hydrogen-bond donors (Lipinski definition) is 0. The minimum Gasteiger partial charge on any atom is -0.493 e. The molecule has 0 aliphatic carbocycles. The van der Waals surface area contributed by atoms with Gasteiger partial charge in [-0.15, -0.1) is 0 Å².